The van der Waals surface area contributed by atoms with Crippen LogP contribution in [0, 0.1) is 5.92 Å². The van der Waals surface area contributed by atoms with Gasteiger partial charge in [-0.15, -0.1) is 0 Å². The third kappa shape index (κ3) is 4.55. The minimum atomic E-state index is 0.500. The van der Waals surface area contributed by atoms with Crippen LogP contribution in [0.2, 0.25) is 0 Å². The zero-order valence-corrected chi connectivity index (χ0v) is 18.5. The molecule has 2 aromatic rings. The molecule has 156 valence electrons. The summed E-state index contributed by atoms with van der Waals surface area (Å²) in [6.45, 7) is 6.57. The van der Waals surface area contributed by atoms with Crippen LogP contribution in [0.5, 0.6) is 0 Å². The molecule has 7 nitrogen and oxygen atoms in total. The molecule has 0 aliphatic carbocycles. The van der Waals surface area contributed by atoms with Gasteiger partial charge in [0.25, 0.3) is 0 Å². The molecule has 8 heteroatoms. The first-order valence-electron chi connectivity index (χ1n) is 10.0. The molecular formula is C22H25BrN6O. The minimum absolute atomic E-state index is 0.500. The number of likely N-dealkylation sites (N-methyl/N-ethyl adjacent to an activating group) is 1. The molecule has 1 saturated heterocycles. The Hall–Kier alpha value is -2.71. The highest BCUT2D eigenvalue weighted by molar-refractivity contribution is 9.11. The van der Waals surface area contributed by atoms with E-state index in [9.17, 15) is 0 Å². The predicted octanol–water partition coefficient (Wildman–Crippen LogP) is 3.80. The van der Waals surface area contributed by atoms with Crippen molar-refractivity contribution in [1.82, 2.24) is 25.7 Å². The highest BCUT2D eigenvalue weighted by Gasteiger charge is 2.26. The van der Waals surface area contributed by atoms with Crippen molar-refractivity contribution in [3.05, 3.63) is 71.0 Å². The molecule has 1 aromatic heterocycles. The monoisotopic (exact) mass is 468 g/mol. The summed E-state index contributed by atoms with van der Waals surface area (Å²) < 4.78 is 5.73. The van der Waals surface area contributed by atoms with E-state index in [1.165, 1.54) is 12.1 Å². The number of piperidine rings is 1. The number of rotatable bonds is 5. The summed E-state index contributed by atoms with van der Waals surface area (Å²) in [6, 6.07) is 8.07. The van der Waals surface area contributed by atoms with Crippen molar-refractivity contribution in [3.8, 4) is 11.4 Å². The third-order valence-electron chi connectivity index (χ3n) is 5.41. The van der Waals surface area contributed by atoms with Crippen molar-refractivity contribution in [3.63, 3.8) is 0 Å². The summed E-state index contributed by atoms with van der Waals surface area (Å²) in [6.07, 6.45) is 7.55. The quantitative estimate of drug-likeness (QED) is 0.694. The molecule has 0 unspecified atom stereocenters. The fourth-order valence-electron chi connectivity index (χ4n) is 3.66. The van der Waals surface area contributed by atoms with Gasteiger partial charge in [-0.2, -0.15) is 4.98 Å². The SMILES string of the molecule is C=C/C(Br)=C1/NC(C2CCNCC2)=CC(=NCc2ccc(-c3ncon3)cc2)N1C. The van der Waals surface area contributed by atoms with Gasteiger partial charge in [-0.3, -0.25) is 4.99 Å². The number of hydrogen-bond acceptors (Lipinski definition) is 6. The topological polar surface area (TPSA) is 78.6 Å². The fraction of sp³-hybridized carbons (Fsp3) is 0.318. The molecule has 1 fully saturated rings. The minimum Gasteiger partial charge on any atom is -0.344 e. The lowest BCUT2D eigenvalue weighted by Gasteiger charge is -2.35. The first-order chi connectivity index (χ1) is 14.7. The molecule has 2 N–H and O–H groups in total. The number of halogens is 1. The van der Waals surface area contributed by atoms with Crippen LogP contribution in [0.4, 0.5) is 0 Å². The zero-order valence-electron chi connectivity index (χ0n) is 16.9. The number of nitrogens with one attached hydrogen (secondary N) is 2. The van der Waals surface area contributed by atoms with Gasteiger partial charge in [-0.05, 0) is 47.4 Å². The summed E-state index contributed by atoms with van der Waals surface area (Å²) in [5.41, 5.74) is 3.26. The van der Waals surface area contributed by atoms with Gasteiger partial charge in [0.15, 0.2) is 0 Å². The van der Waals surface area contributed by atoms with E-state index in [1.54, 1.807) is 6.08 Å². The fourth-order valence-corrected chi connectivity index (χ4v) is 4.02. The van der Waals surface area contributed by atoms with Gasteiger partial charge in [-0.1, -0.05) is 42.1 Å². The highest BCUT2D eigenvalue weighted by Crippen LogP contribution is 2.27. The average molecular weight is 469 g/mol. The summed E-state index contributed by atoms with van der Waals surface area (Å²) >= 11 is 3.62. The number of benzene rings is 1. The normalized spacial score (nSPS) is 20.7. The number of hydrogen-bond donors (Lipinski definition) is 2. The lowest BCUT2D eigenvalue weighted by atomic mass is 9.93. The third-order valence-corrected chi connectivity index (χ3v) is 6.11. The first-order valence-corrected chi connectivity index (χ1v) is 10.8. The van der Waals surface area contributed by atoms with Crippen LogP contribution in [-0.2, 0) is 6.54 Å². The van der Waals surface area contributed by atoms with Crippen LogP contribution in [0.1, 0.15) is 18.4 Å². The predicted molar refractivity (Wildman–Crippen MR) is 122 cm³/mol. The van der Waals surface area contributed by atoms with E-state index in [1.807, 2.05) is 31.3 Å². The molecule has 0 bridgehead atoms. The van der Waals surface area contributed by atoms with E-state index in [0.717, 1.165) is 53.2 Å². The van der Waals surface area contributed by atoms with Crippen LogP contribution in [0.15, 0.2) is 74.9 Å². The van der Waals surface area contributed by atoms with Gasteiger partial charge >= 0.3 is 0 Å². The summed E-state index contributed by atoms with van der Waals surface area (Å²) in [5.74, 6) is 2.98. The van der Waals surface area contributed by atoms with Crippen LogP contribution >= 0.6 is 15.9 Å². The molecule has 3 heterocycles. The molecule has 0 spiro atoms. The smallest absolute Gasteiger partial charge is 0.214 e. The van der Waals surface area contributed by atoms with E-state index in [0.29, 0.717) is 18.3 Å². The molecule has 0 amide bonds. The van der Waals surface area contributed by atoms with E-state index in [2.05, 4.69) is 54.3 Å². The molecule has 0 radical (unpaired) electrons. The Labute approximate surface area is 184 Å². The Morgan fingerprint density at radius 1 is 1.33 bits per heavy atom. The van der Waals surface area contributed by atoms with Gasteiger partial charge in [0.05, 0.1) is 11.0 Å². The van der Waals surface area contributed by atoms with Crippen molar-refractivity contribution >= 4 is 21.8 Å². The van der Waals surface area contributed by atoms with E-state index in [4.69, 9.17) is 9.52 Å². The molecule has 30 heavy (non-hydrogen) atoms. The molecule has 0 atom stereocenters. The Kier molecular flexibility index (Phi) is 6.44. The van der Waals surface area contributed by atoms with E-state index < -0.39 is 0 Å². The van der Waals surface area contributed by atoms with Crippen molar-refractivity contribution < 1.29 is 4.52 Å². The van der Waals surface area contributed by atoms with Crippen molar-refractivity contribution in [1.29, 1.82) is 0 Å². The Morgan fingerprint density at radius 3 is 2.77 bits per heavy atom. The number of aliphatic imine (C=N–C) groups is 1. The largest absolute Gasteiger partial charge is 0.344 e. The molecule has 2 aliphatic heterocycles. The molecule has 2 aliphatic rings. The first kappa shape index (κ1) is 20.6. The lowest BCUT2D eigenvalue weighted by molar-refractivity contribution is 0.395. The standard InChI is InChI=1S/C22H25BrN6O/c1-3-18(23)22-27-19(16-8-10-24-11-9-16)12-20(29(22)2)25-13-15-4-6-17(7-5-15)21-26-14-30-28-21/h3-7,12,14,16,24,27H,1,8-11,13H2,2H3/b22-18+,25-20?. The van der Waals surface area contributed by atoms with Crippen molar-refractivity contribution in [2.75, 3.05) is 20.1 Å². The van der Waals surface area contributed by atoms with Crippen LogP contribution in [0.25, 0.3) is 11.4 Å². The zero-order chi connectivity index (χ0) is 20.9. The highest BCUT2D eigenvalue weighted by atomic mass is 79.9. The number of aromatic nitrogens is 2. The molecular weight excluding hydrogens is 444 g/mol. The van der Waals surface area contributed by atoms with Crippen LogP contribution in [-0.4, -0.2) is 41.0 Å². The van der Waals surface area contributed by atoms with Gasteiger partial charge < -0.3 is 20.1 Å². The molecule has 4 rings (SSSR count). The summed E-state index contributed by atoms with van der Waals surface area (Å²) in [4.78, 5) is 11.1. The molecule has 1 aromatic carbocycles. The second-order valence-corrected chi connectivity index (χ2v) is 8.19. The number of nitrogens with zero attached hydrogens (tertiary/aromatic N) is 4. The van der Waals surface area contributed by atoms with Gasteiger partial charge in [0.1, 0.15) is 11.7 Å². The lowest BCUT2D eigenvalue weighted by Crippen LogP contribution is -2.42. The maximum Gasteiger partial charge on any atom is 0.214 e. The van der Waals surface area contributed by atoms with Crippen LogP contribution in [0.3, 0.4) is 0 Å². The van der Waals surface area contributed by atoms with E-state index in [-0.39, 0.29) is 0 Å². The van der Waals surface area contributed by atoms with E-state index >= 15 is 0 Å². The number of allylic oxidation sites excluding steroid dienone is 3. The number of amidine groups is 1. The van der Waals surface area contributed by atoms with Gasteiger partial charge in [0.2, 0.25) is 12.2 Å². The second kappa shape index (κ2) is 9.40. The van der Waals surface area contributed by atoms with Gasteiger partial charge in [-0.25, -0.2) is 0 Å². The van der Waals surface area contributed by atoms with Crippen molar-refractivity contribution in [2.24, 2.45) is 10.9 Å². The van der Waals surface area contributed by atoms with Gasteiger partial charge in [0, 0.05) is 30.3 Å². The Morgan fingerprint density at radius 2 is 2.10 bits per heavy atom. The van der Waals surface area contributed by atoms with Crippen LogP contribution < -0.4 is 10.6 Å². The summed E-state index contributed by atoms with van der Waals surface area (Å²) in [7, 11) is 2.01. The average Bonchev–Trinajstić information content (AvgIpc) is 3.34. The van der Waals surface area contributed by atoms with Crippen molar-refractivity contribution in [2.45, 2.75) is 19.4 Å². The Bertz CT molecular complexity index is 972. The summed E-state index contributed by atoms with van der Waals surface area (Å²) in [5, 5.41) is 10.9. The maximum absolute atomic E-state index is 4.91. The second-order valence-electron chi connectivity index (χ2n) is 7.33. The maximum atomic E-state index is 4.91. The Balaban J connectivity index is 1.57. The molecule has 0 saturated carbocycles.